The number of rotatable bonds is 7. The third kappa shape index (κ3) is 4.35. The lowest BCUT2D eigenvalue weighted by Crippen LogP contribution is -2.10. The molecule has 0 bridgehead atoms. The van der Waals surface area contributed by atoms with E-state index in [0.717, 1.165) is 0 Å². The zero-order valence-electron chi connectivity index (χ0n) is 14.2. The average molecular weight is 375 g/mol. The van der Waals surface area contributed by atoms with Gasteiger partial charge in [-0.1, -0.05) is 18.2 Å². The van der Waals surface area contributed by atoms with E-state index in [1.807, 2.05) is 0 Å². The number of methoxy groups -OCH3 is 1. The number of primary amides is 1. The molecule has 0 aliphatic heterocycles. The third-order valence-electron chi connectivity index (χ3n) is 3.65. The average Bonchev–Trinajstić information content (AvgIpc) is 3.11. The molecule has 10 heteroatoms. The number of carbonyl (C=O) groups excluding carboxylic acids is 1. The van der Waals surface area contributed by atoms with Crippen molar-refractivity contribution in [2.45, 2.75) is 13.2 Å². The van der Waals surface area contributed by atoms with Crippen LogP contribution in [-0.4, -0.2) is 39.8 Å². The summed E-state index contributed by atoms with van der Waals surface area (Å²) < 4.78 is 34.2. The number of hydrogen-bond donors (Lipinski definition) is 1. The maximum atomic E-state index is 12.4. The van der Waals surface area contributed by atoms with Crippen LogP contribution in [0.25, 0.3) is 11.4 Å². The van der Waals surface area contributed by atoms with Gasteiger partial charge in [0, 0.05) is 11.1 Å². The number of aromatic nitrogens is 4. The second kappa shape index (κ2) is 7.77. The molecule has 0 aliphatic rings. The van der Waals surface area contributed by atoms with E-state index in [1.54, 1.807) is 36.4 Å². The van der Waals surface area contributed by atoms with E-state index in [9.17, 15) is 13.6 Å². The summed E-state index contributed by atoms with van der Waals surface area (Å²) in [4.78, 5) is 12.5. The molecule has 1 heterocycles. The minimum absolute atomic E-state index is 0.0574. The Balaban J connectivity index is 1.76. The summed E-state index contributed by atoms with van der Waals surface area (Å²) in [6.45, 7) is -2.69. The third-order valence-corrected chi connectivity index (χ3v) is 3.65. The predicted octanol–water partition coefficient (Wildman–Crippen LogP) is 2.10. The number of halogens is 2. The van der Waals surface area contributed by atoms with Crippen molar-refractivity contribution in [3.63, 3.8) is 0 Å². The molecule has 0 unspecified atom stereocenters. The highest BCUT2D eigenvalue weighted by atomic mass is 19.3. The zero-order valence-corrected chi connectivity index (χ0v) is 14.2. The fourth-order valence-electron chi connectivity index (χ4n) is 2.38. The maximum absolute atomic E-state index is 12.4. The Morgan fingerprint density at radius 2 is 1.93 bits per heavy atom. The lowest BCUT2D eigenvalue weighted by atomic mass is 10.1. The number of hydrogen-bond acceptors (Lipinski definition) is 6. The number of alkyl halides is 2. The van der Waals surface area contributed by atoms with Gasteiger partial charge in [0.1, 0.15) is 0 Å². The molecule has 3 rings (SSSR count). The maximum Gasteiger partial charge on any atom is 0.387 e. The van der Waals surface area contributed by atoms with E-state index in [2.05, 4.69) is 20.1 Å². The summed E-state index contributed by atoms with van der Waals surface area (Å²) in [6, 6.07) is 11.0. The van der Waals surface area contributed by atoms with Gasteiger partial charge in [0.2, 0.25) is 11.7 Å². The Kier molecular flexibility index (Phi) is 5.25. The highest BCUT2D eigenvalue weighted by Crippen LogP contribution is 2.29. The molecule has 140 valence electrons. The highest BCUT2D eigenvalue weighted by molar-refractivity contribution is 5.93. The van der Waals surface area contributed by atoms with Crippen LogP contribution in [0.5, 0.6) is 11.5 Å². The van der Waals surface area contributed by atoms with E-state index >= 15 is 0 Å². The van der Waals surface area contributed by atoms with Crippen LogP contribution in [0.15, 0.2) is 42.5 Å². The van der Waals surface area contributed by atoms with Gasteiger partial charge in [0.05, 0.1) is 13.7 Å². The SMILES string of the molecule is COc1cc(Cn2nnc(-c3ccc(C(N)=O)cc3)n2)ccc1OC(F)F. The minimum Gasteiger partial charge on any atom is -0.493 e. The smallest absolute Gasteiger partial charge is 0.387 e. The largest absolute Gasteiger partial charge is 0.493 e. The zero-order chi connectivity index (χ0) is 19.4. The summed E-state index contributed by atoms with van der Waals surface area (Å²) in [7, 11) is 1.36. The fourth-order valence-corrected chi connectivity index (χ4v) is 2.38. The molecule has 8 nitrogen and oxygen atoms in total. The van der Waals surface area contributed by atoms with Crippen molar-refractivity contribution < 1.29 is 23.0 Å². The van der Waals surface area contributed by atoms with Crippen LogP contribution in [-0.2, 0) is 6.54 Å². The van der Waals surface area contributed by atoms with Gasteiger partial charge < -0.3 is 15.2 Å². The number of amides is 1. The first-order chi connectivity index (χ1) is 13.0. The lowest BCUT2D eigenvalue weighted by Gasteiger charge is -2.11. The Morgan fingerprint density at radius 1 is 1.19 bits per heavy atom. The van der Waals surface area contributed by atoms with Crippen molar-refractivity contribution in [1.29, 1.82) is 0 Å². The molecule has 0 saturated carbocycles. The van der Waals surface area contributed by atoms with Crippen LogP contribution in [0.3, 0.4) is 0 Å². The van der Waals surface area contributed by atoms with Gasteiger partial charge in [0.25, 0.3) is 0 Å². The molecule has 0 saturated heterocycles. The molecular formula is C17H15F2N5O3. The summed E-state index contributed by atoms with van der Waals surface area (Å²) in [5, 5.41) is 12.2. The molecule has 1 aromatic heterocycles. The van der Waals surface area contributed by atoms with E-state index in [4.69, 9.17) is 10.5 Å². The van der Waals surface area contributed by atoms with E-state index < -0.39 is 12.5 Å². The van der Waals surface area contributed by atoms with Crippen LogP contribution in [0.1, 0.15) is 15.9 Å². The molecule has 0 radical (unpaired) electrons. The first-order valence-corrected chi connectivity index (χ1v) is 7.76. The summed E-state index contributed by atoms with van der Waals surface area (Å²) in [5.74, 6) is -0.0322. The standard InChI is InChI=1S/C17H15F2N5O3/c1-26-14-8-10(2-7-13(14)27-17(18)19)9-24-22-16(21-23-24)12-5-3-11(4-6-12)15(20)25/h2-8,17H,9H2,1H3,(H2,20,25). The molecule has 0 atom stereocenters. The van der Waals surface area contributed by atoms with Crippen LogP contribution in [0.2, 0.25) is 0 Å². The van der Waals surface area contributed by atoms with Crippen LogP contribution in [0, 0.1) is 0 Å². The van der Waals surface area contributed by atoms with Crippen LogP contribution < -0.4 is 15.2 Å². The van der Waals surface area contributed by atoms with Crippen molar-refractivity contribution >= 4 is 5.91 Å². The molecule has 2 aromatic carbocycles. The molecule has 1 amide bonds. The topological polar surface area (TPSA) is 105 Å². The molecule has 0 spiro atoms. The van der Waals surface area contributed by atoms with Gasteiger partial charge in [-0.2, -0.15) is 13.6 Å². The summed E-state index contributed by atoms with van der Waals surface area (Å²) in [6.07, 6.45) is 0. The minimum atomic E-state index is -2.94. The quantitative estimate of drug-likeness (QED) is 0.678. The Morgan fingerprint density at radius 3 is 2.56 bits per heavy atom. The van der Waals surface area contributed by atoms with Gasteiger partial charge in [-0.25, -0.2) is 0 Å². The fraction of sp³-hybridized carbons (Fsp3) is 0.176. The molecule has 3 aromatic rings. The monoisotopic (exact) mass is 375 g/mol. The van der Waals surface area contributed by atoms with Crippen LogP contribution >= 0.6 is 0 Å². The summed E-state index contributed by atoms with van der Waals surface area (Å²) >= 11 is 0. The second-order valence-electron chi connectivity index (χ2n) is 5.45. The van der Waals surface area contributed by atoms with Gasteiger partial charge in [-0.3, -0.25) is 4.79 Å². The molecule has 0 aliphatic carbocycles. The number of benzene rings is 2. The number of tetrazole rings is 1. The number of carbonyl (C=O) groups is 1. The van der Waals surface area contributed by atoms with E-state index in [1.165, 1.54) is 18.0 Å². The van der Waals surface area contributed by atoms with Gasteiger partial charge in [0.15, 0.2) is 11.5 Å². The van der Waals surface area contributed by atoms with Gasteiger partial charge in [-0.05, 0) is 35.0 Å². The van der Waals surface area contributed by atoms with Crippen molar-refractivity contribution in [2.75, 3.05) is 7.11 Å². The molecule has 2 N–H and O–H groups in total. The van der Waals surface area contributed by atoms with Crippen molar-refractivity contribution in [2.24, 2.45) is 5.73 Å². The molecule has 27 heavy (non-hydrogen) atoms. The number of nitrogens with two attached hydrogens (primary N) is 1. The van der Waals surface area contributed by atoms with Gasteiger partial charge >= 0.3 is 6.61 Å². The van der Waals surface area contributed by atoms with Crippen molar-refractivity contribution in [3.8, 4) is 22.9 Å². The second-order valence-corrected chi connectivity index (χ2v) is 5.45. The Bertz CT molecular complexity index is 944. The molecule has 0 fully saturated rings. The highest BCUT2D eigenvalue weighted by Gasteiger charge is 2.12. The van der Waals surface area contributed by atoms with Gasteiger partial charge in [-0.15, -0.1) is 10.2 Å². The Labute approximate surface area is 152 Å². The first-order valence-electron chi connectivity index (χ1n) is 7.76. The number of ether oxygens (including phenoxy) is 2. The van der Waals surface area contributed by atoms with Crippen molar-refractivity contribution in [1.82, 2.24) is 20.2 Å². The van der Waals surface area contributed by atoms with E-state index in [-0.39, 0.29) is 18.0 Å². The predicted molar refractivity (Wildman–Crippen MR) is 90.5 cm³/mol. The van der Waals surface area contributed by atoms with E-state index in [0.29, 0.717) is 22.5 Å². The Hall–Kier alpha value is -3.56. The number of nitrogens with zero attached hydrogens (tertiary/aromatic N) is 4. The normalized spacial score (nSPS) is 10.8. The first kappa shape index (κ1) is 18.2. The molecular weight excluding hydrogens is 360 g/mol. The lowest BCUT2D eigenvalue weighted by molar-refractivity contribution is -0.0512. The summed E-state index contributed by atoms with van der Waals surface area (Å²) in [5.41, 5.74) is 6.97. The van der Waals surface area contributed by atoms with Crippen molar-refractivity contribution in [3.05, 3.63) is 53.6 Å². The van der Waals surface area contributed by atoms with Crippen LogP contribution in [0.4, 0.5) is 8.78 Å².